The highest BCUT2D eigenvalue weighted by atomic mass is 33.1. The highest BCUT2D eigenvalue weighted by Gasteiger charge is 2.51. The van der Waals surface area contributed by atoms with Gasteiger partial charge in [-0.25, -0.2) is 9.59 Å². The van der Waals surface area contributed by atoms with Crippen molar-refractivity contribution in [1.82, 2.24) is 9.80 Å². The third kappa shape index (κ3) is 29.7. The first-order chi connectivity index (χ1) is 45.4. The van der Waals surface area contributed by atoms with E-state index in [9.17, 15) is 33.9 Å². The second-order valence-corrected chi connectivity index (χ2v) is 31.5. The van der Waals surface area contributed by atoms with Crippen LogP contribution in [0.3, 0.4) is 0 Å². The minimum Gasteiger partial charge on any atom is -0.497 e. The Morgan fingerprint density at radius 3 is 1.27 bits per heavy atom. The van der Waals surface area contributed by atoms with E-state index in [4.69, 9.17) is 33.2 Å². The molecule has 2 amide bonds. The van der Waals surface area contributed by atoms with Crippen molar-refractivity contribution >= 4 is 77.0 Å². The fraction of sp³-hybridized carbons (Fsp3) is 0.520. The first-order valence-electron chi connectivity index (χ1n) is 33.0. The SMILES string of the molecule is C1CCOC1.CCCCP(CCCC)CCCC.COC(=O)[C@@H]1[C@@H](CC(=O)OC(C)(C)C)[C@@H](Sc2ccc(OC)cc2)CN1C(=O)c1ccccc1.COC(=O)[C@@H]1[C@@H](CC(=O)OC(C)(C)C)[C@H](O)CN1C(=O)c1ccccc1.COc1ccc(SSc2ccc(C)cc2)cc1. The highest BCUT2D eigenvalue weighted by molar-refractivity contribution is 8.76. The van der Waals surface area contributed by atoms with E-state index in [1.54, 1.807) is 150 Å². The number of benzene rings is 5. The maximum atomic E-state index is 13.4. The number of nitrogens with zero attached hydrogens (tertiary/aromatic N) is 2. The minimum atomic E-state index is -1.05. The molecular weight excluding hydrogens is 1280 g/mol. The summed E-state index contributed by atoms with van der Waals surface area (Å²) in [6.45, 7) is 21.9. The van der Waals surface area contributed by atoms with Crippen molar-refractivity contribution in [3.63, 3.8) is 0 Å². The van der Waals surface area contributed by atoms with Crippen LogP contribution in [0.4, 0.5) is 0 Å². The number of methoxy groups -OCH3 is 4. The topological polar surface area (TPSA) is 194 Å². The summed E-state index contributed by atoms with van der Waals surface area (Å²) in [5, 5.41) is 10.2. The number of hydrogen-bond donors (Lipinski definition) is 1. The molecule has 0 bridgehead atoms. The van der Waals surface area contributed by atoms with Crippen LogP contribution in [-0.2, 0) is 42.9 Å². The monoisotopic (exact) mass is 1380 g/mol. The maximum absolute atomic E-state index is 13.4. The number of carbonyl (C=O) groups is 6. The molecule has 3 aliphatic heterocycles. The minimum absolute atomic E-state index is 0.0105. The lowest BCUT2D eigenvalue weighted by Gasteiger charge is -2.27. The molecule has 0 spiro atoms. The number of amides is 2. The summed E-state index contributed by atoms with van der Waals surface area (Å²) in [5.41, 5.74) is 0.827. The Bertz CT molecular complexity index is 3010. The second-order valence-electron chi connectivity index (χ2n) is 25.3. The molecule has 0 aliphatic carbocycles. The van der Waals surface area contributed by atoms with Crippen molar-refractivity contribution in [1.29, 1.82) is 0 Å². The van der Waals surface area contributed by atoms with Crippen LogP contribution in [0.25, 0.3) is 0 Å². The summed E-state index contributed by atoms with van der Waals surface area (Å²) in [6.07, 6.45) is 14.5. The van der Waals surface area contributed by atoms with Crippen molar-refractivity contribution in [2.24, 2.45) is 11.8 Å². The molecule has 3 heterocycles. The number of unbranched alkanes of at least 4 members (excludes halogenated alkanes) is 3. The van der Waals surface area contributed by atoms with E-state index in [1.165, 1.54) is 103 Å². The molecule has 522 valence electrons. The molecule has 20 heteroatoms. The predicted molar refractivity (Wildman–Crippen MR) is 385 cm³/mol. The van der Waals surface area contributed by atoms with Crippen LogP contribution in [0.15, 0.2) is 148 Å². The number of hydrogen-bond acceptors (Lipinski definition) is 17. The van der Waals surface area contributed by atoms with Gasteiger partial charge in [-0.2, -0.15) is 0 Å². The summed E-state index contributed by atoms with van der Waals surface area (Å²) in [7, 11) is 9.74. The van der Waals surface area contributed by atoms with E-state index in [1.807, 2.05) is 42.5 Å². The molecule has 3 aliphatic rings. The average molecular weight is 1390 g/mol. The fourth-order valence-corrected chi connectivity index (χ4v) is 16.6. The van der Waals surface area contributed by atoms with E-state index in [0.717, 1.165) is 29.6 Å². The van der Waals surface area contributed by atoms with E-state index in [2.05, 4.69) is 64.1 Å². The number of carbonyl (C=O) groups excluding carboxylic acids is 6. The Balaban J connectivity index is 0.000000277. The molecule has 1 N–H and O–H groups in total. The number of likely N-dealkylation sites (tertiary alicyclic amines) is 2. The molecule has 0 radical (unpaired) electrons. The van der Waals surface area contributed by atoms with Gasteiger partial charge in [-0.1, -0.05) is 116 Å². The van der Waals surface area contributed by atoms with Gasteiger partial charge in [-0.3, -0.25) is 19.2 Å². The number of aliphatic hydroxyl groups excluding tert-OH is 1. The summed E-state index contributed by atoms with van der Waals surface area (Å²) >= 11 is 1.52. The van der Waals surface area contributed by atoms with Gasteiger partial charge in [-0.15, -0.1) is 19.7 Å². The quantitative estimate of drug-likeness (QED) is 0.0265. The summed E-state index contributed by atoms with van der Waals surface area (Å²) < 4.78 is 36.0. The van der Waals surface area contributed by atoms with Crippen LogP contribution >= 0.6 is 41.3 Å². The Morgan fingerprint density at radius 1 is 0.526 bits per heavy atom. The lowest BCUT2D eigenvalue weighted by molar-refractivity contribution is -0.159. The van der Waals surface area contributed by atoms with Crippen molar-refractivity contribution in [3.8, 4) is 11.5 Å². The predicted octanol–water partition coefficient (Wildman–Crippen LogP) is 16.1. The maximum Gasteiger partial charge on any atom is 0.329 e. The van der Waals surface area contributed by atoms with E-state index in [0.29, 0.717) is 19.0 Å². The number of aryl methyl sites for hydroxylation is 1. The van der Waals surface area contributed by atoms with Gasteiger partial charge in [0.15, 0.2) is 0 Å². The molecule has 8 rings (SSSR count). The zero-order chi connectivity index (χ0) is 69.9. The van der Waals surface area contributed by atoms with Crippen LogP contribution in [0.1, 0.15) is 153 Å². The van der Waals surface area contributed by atoms with E-state index in [-0.39, 0.29) is 37.1 Å². The van der Waals surface area contributed by atoms with Crippen LogP contribution in [0.2, 0.25) is 0 Å². The number of ether oxygens (including phenoxy) is 7. The molecule has 16 nitrogen and oxygen atoms in total. The van der Waals surface area contributed by atoms with Gasteiger partial charge >= 0.3 is 23.9 Å². The van der Waals surface area contributed by atoms with Gasteiger partial charge in [0.25, 0.3) is 11.8 Å². The third-order valence-corrected chi connectivity index (χ3v) is 21.9. The summed E-state index contributed by atoms with van der Waals surface area (Å²) in [4.78, 5) is 82.6. The van der Waals surface area contributed by atoms with Gasteiger partial charge in [0.1, 0.15) is 34.8 Å². The molecule has 3 fully saturated rings. The molecule has 0 saturated carbocycles. The van der Waals surface area contributed by atoms with E-state index >= 15 is 0 Å². The molecule has 5 aromatic carbocycles. The van der Waals surface area contributed by atoms with Gasteiger partial charge in [0.05, 0.1) is 47.4 Å². The van der Waals surface area contributed by atoms with E-state index < -0.39 is 71.0 Å². The normalized spacial score (nSPS) is 18.0. The van der Waals surface area contributed by atoms with Gasteiger partial charge in [0, 0.05) is 69.2 Å². The molecule has 5 aromatic rings. The number of thioether (sulfide) groups is 1. The average Bonchev–Trinajstić information content (AvgIpc) is 1.65. The van der Waals surface area contributed by atoms with Crippen LogP contribution in [0.5, 0.6) is 11.5 Å². The van der Waals surface area contributed by atoms with Crippen LogP contribution < -0.4 is 9.47 Å². The zero-order valence-corrected chi connectivity index (χ0v) is 61.9. The largest absolute Gasteiger partial charge is 0.497 e. The third-order valence-electron chi connectivity index (χ3n) is 15.3. The fourth-order valence-electron chi connectivity index (χ4n) is 10.4. The summed E-state index contributed by atoms with van der Waals surface area (Å²) in [6, 6.07) is 39.5. The number of β-amino-alcohol motifs (C(OH)–C–C–N with tert-alkyl or cyclic N) is 1. The Kier molecular flexibility index (Phi) is 37.0. The van der Waals surface area contributed by atoms with Gasteiger partial charge in [-0.05, 0) is 184 Å². The van der Waals surface area contributed by atoms with Crippen LogP contribution in [0, 0.1) is 18.8 Å². The van der Waals surface area contributed by atoms with Gasteiger partial charge in [0.2, 0.25) is 0 Å². The highest BCUT2D eigenvalue weighted by Crippen LogP contribution is 2.42. The standard InChI is InChI=1S/C26H31NO6S.C19H25NO6.C14H14OS2.C12H27P.C4H8O/c1-26(2,3)33-22(28)15-20-21(34-19-13-11-18(31-4)12-14-19)16-27(23(20)25(30)32-5)24(29)17-9-7-6-8-10-17;1-19(2,3)26-15(22)10-13-14(21)11-20(16(13)18(24)25-4)17(23)12-8-6-5-7-9-12;1-11-3-7-13(8-4-11)16-17-14-9-5-12(15-2)6-10-14;1-4-7-10-13(11-8-5-2)12-9-6-3;1-2-4-5-3-1/h6-14,20-21,23H,15-16H2,1-5H3;5-9,13-14,16,21H,10-11H2,1-4H3;3-10H,1-2H3;4-12H2,1-3H3;1-4H2/t20-,21-,23-;13-,14+,16-;;;/m00.../s1. The van der Waals surface area contributed by atoms with Crippen molar-refractivity contribution in [3.05, 3.63) is 150 Å². The molecule has 6 atom stereocenters. The number of aliphatic hydroxyl groups is 1. The molecule has 0 aromatic heterocycles. The Morgan fingerprint density at radius 2 is 0.905 bits per heavy atom. The smallest absolute Gasteiger partial charge is 0.329 e. The summed E-state index contributed by atoms with van der Waals surface area (Å²) in [5.74, 6) is -2.48. The molecule has 3 saturated heterocycles. The van der Waals surface area contributed by atoms with Gasteiger partial charge < -0.3 is 48.1 Å². The Hall–Kier alpha value is -6.08. The van der Waals surface area contributed by atoms with Crippen LogP contribution in [-0.4, -0.2) is 158 Å². The Labute approximate surface area is 579 Å². The van der Waals surface area contributed by atoms with Crippen molar-refractivity contribution < 1.29 is 67.0 Å². The second kappa shape index (κ2) is 43.3. The molecule has 0 unspecified atom stereocenters. The number of rotatable bonds is 24. The van der Waals surface area contributed by atoms with Crippen molar-refractivity contribution in [2.45, 2.75) is 183 Å². The number of esters is 4. The lowest BCUT2D eigenvalue weighted by atomic mass is 9.94. The van der Waals surface area contributed by atoms with Crippen molar-refractivity contribution in [2.75, 3.05) is 73.2 Å². The molecule has 95 heavy (non-hydrogen) atoms. The molecular formula is C75H105N2O14PS3. The lowest BCUT2D eigenvalue weighted by Crippen LogP contribution is -2.44. The zero-order valence-electron chi connectivity index (χ0n) is 58.5. The first-order valence-corrected chi connectivity index (χ1v) is 38.0. The first kappa shape index (κ1) is 81.3.